The van der Waals surface area contributed by atoms with E-state index in [4.69, 9.17) is 4.74 Å². The molecule has 2 aromatic carbocycles. The van der Waals surface area contributed by atoms with E-state index in [-0.39, 0.29) is 15.8 Å². The molecule has 0 saturated carbocycles. The van der Waals surface area contributed by atoms with Gasteiger partial charge in [0.2, 0.25) is 0 Å². The van der Waals surface area contributed by atoms with Crippen LogP contribution in [0.2, 0.25) is 0 Å². The van der Waals surface area contributed by atoms with Crippen LogP contribution in [0.3, 0.4) is 0 Å². The van der Waals surface area contributed by atoms with E-state index in [1.54, 1.807) is 18.2 Å². The Morgan fingerprint density at radius 2 is 2.00 bits per heavy atom. The molecule has 98 valence electrons. The van der Waals surface area contributed by atoms with E-state index in [0.717, 1.165) is 3.57 Å². The lowest BCUT2D eigenvalue weighted by atomic mass is 10.0. The van der Waals surface area contributed by atoms with Crippen LogP contribution in [-0.4, -0.2) is 12.9 Å². The molecule has 2 aromatic rings. The predicted octanol–water partition coefficient (Wildman–Crippen LogP) is 4.43. The Bertz CT molecular complexity index is 643. The van der Waals surface area contributed by atoms with Crippen LogP contribution in [0.1, 0.15) is 15.9 Å². The Hall–Kier alpha value is -0.950. The van der Waals surface area contributed by atoms with Crippen LogP contribution >= 0.6 is 38.5 Å². The summed E-state index contributed by atoms with van der Waals surface area (Å²) in [5.41, 5.74) is 0.695. The summed E-state index contributed by atoms with van der Waals surface area (Å²) in [6, 6.07) is 9.67. The Morgan fingerprint density at radius 1 is 1.26 bits per heavy atom. The Balaban J connectivity index is 2.56. The standard InChI is InChI=1S/C14H9BrFIO2/c1-19-12-6-5-8(17)7-10(12)14(18)9-3-2-4-11(16)13(9)15/h2-7H,1H3. The highest BCUT2D eigenvalue weighted by molar-refractivity contribution is 14.1. The van der Waals surface area contributed by atoms with Gasteiger partial charge < -0.3 is 4.74 Å². The minimum atomic E-state index is -0.463. The van der Waals surface area contributed by atoms with Crippen molar-refractivity contribution in [2.45, 2.75) is 0 Å². The largest absolute Gasteiger partial charge is 0.496 e. The summed E-state index contributed by atoms with van der Waals surface area (Å²) in [5.74, 6) is -0.265. The second kappa shape index (κ2) is 6.00. The lowest BCUT2D eigenvalue weighted by molar-refractivity contribution is 0.103. The zero-order chi connectivity index (χ0) is 14.0. The summed E-state index contributed by atoms with van der Waals surface area (Å²) in [7, 11) is 1.50. The van der Waals surface area contributed by atoms with Crippen LogP contribution in [-0.2, 0) is 0 Å². The van der Waals surface area contributed by atoms with Crippen LogP contribution < -0.4 is 4.74 Å². The zero-order valence-corrected chi connectivity index (χ0v) is 13.7. The minimum Gasteiger partial charge on any atom is -0.496 e. The lowest BCUT2D eigenvalue weighted by Crippen LogP contribution is -2.06. The van der Waals surface area contributed by atoms with Gasteiger partial charge in [0.15, 0.2) is 5.78 Å². The first-order valence-corrected chi connectivity index (χ1v) is 7.24. The smallest absolute Gasteiger partial charge is 0.198 e. The fraction of sp³-hybridized carbons (Fsp3) is 0.0714. The molecule has 0 N–H and O–H groups in total. The first-order valence-electron chi connectivity index (χ1n) is 5.37. The van der Waals surface area contributed by atoms with Gasteiger partial charge in [-0.15, -0.1) is 0 Å². The van der Waals surface area contributed by atoms with Crippen molar-refractivity contribution in [1.82, 2.24) is 0 Å². The SMILES string of the molecule is COc1ccc(I)cc1C(=O)c1cccc(F)c1Br. The van der Waals surface area contributed by atoms with E-state index in [0.29, 0.717) is 11.3 Å². The van der Waals surface area contributed by atoms with Gasteiger partial charge in [0.1, 0.15) is 11.6 Å². The second-order valence-electron chi connectivity index (χ2n) is 3.78. The van der Waals surface area contributed by atoms with Crippen molar-refractivity contribution in [1.29, 1.82) is 0 Å². The van der Waals surface area contributed by atoms with Gasteiger partial charge in [-0.25, -0.2) is 4.39 Å². The van der Waals surface area contributed by atoms with E-state index in [1.807, 2.05) is 6.07 Å². The van der Waals surface area contributed by atoms with Gasteiger partial charge in [0.05, 0.1) is 17.1 Å². The second-order valence-corrected chi connectivity index (χ2v) is 5.81. The molecule has 0 unspecified atom stereocenters. The molecular formula is C14H9BrFIO2. The molecular weight excluding hydrogens is 426 g/mol. The summed E-state index contributed by atoms with van der Waals surface area (Å²) < 4.78 is 19.7. The number of carbonyl (C=O) groups is 1. The van der Waals surface area contributed by atoms with Crippen LogP contribution in [0, 0.1) is 9.39 Å². The normalized spacial score (nSPS) is 10.3. The molecule has 0 aromatic heterocycles. The molecule has 0 aliphatic carbocycles. The third-order valence-corrected chi connectivity index (χ3v) is 4.08. The van der Waals surface area contributed by atoms with Gasteiger partial charge >= 0.3 is 0 Å². The average molecular weight is 435 g/mol. The van der Waals surface area contributed by atoms with Crippen LogP contribution in [0.4, 0.5) is 4.39 Å². The van der Waals surface area contributed by atoms with E-state index in [9.17, 15) is 9.18 Å². The Labute approximate surface area is 132 Å². The molecule has 5 heteroatoms. The number of methoxy groups -OCH3 is 1. The average Bonchev–Trinajstić information content (AvgIpc) is 2.41. The molecule has 0 bridgehead atoms. The number of hydrogen-bond donors (Lipinski definition) is 0. The lowest BCUT2D eigenvalue weighted by Gasteiger charge is -2.09. The zero-order valence-electron chi connectivity index (χ0n) is 9.91. The molecule has 0 fully saturated rings. The fourth-order valence-electron chi connectivity index (χ4n) is 1.68. The molecule has 0 saturated heterocycles. The van der Waals surface area contributed by atoms with Gasteiger partial charge in [-0.1, -0.05) is 6.07 Å². The first kappa shape index (κ1) is 14.5. The molecule has 0 atom stereocenters. The molecule has 0 aliphatic rings. The number of rotatable bonds is 3. The summed E-state index contributed by atoms with van der Waals surface area (Å²) in [5, 5.41) is 0. The van der Waals surface area contributed by atoms with Gasteiger partial charge in [-0.3, -0.25) is 4.79 Å². The maximum absolute atomic E-state index is 13.5. The van der Waals surface area contributed by atoms with Gasteiger partial charge in [0, 0.05) is 9.13 Å². The third-order valence-electron chi connectivity index (χ3n) is 2.60. The van der Waals surface area contributed by atoms with Crippen LogP contribution in [0.5, 0.6) is 5.75 Å². The molecule has 0 amide bonds. The highest BCUT2D eigenvalue weighted by Crippen LogP contribution is 2.28. The molecule has 2 nitrogen and oxygen atoms in total. The monoisotopic (exact) mass is 434 g/mol. The van der Waals surface area contributed by atoms with Crippen LogP contribution in [0.25, 0.3) is 0 Å². The third kappa shape index (κ3) is 2.97. The highest BCUT2D eigenvalue weighted by atomic mass is 127. The van der Waals surface area contributed by atoms with E-state index < -0.39 is 5.82 Å². The van der Waals surface area contributed by atoms with Crippen molar-refractivity contribution in [3.63, 3.8) is 0 Å². The molecule has 2 rings (SSSR count). The van der Waals surface area contributed by atoms with Crippen molar-refractivity contribution in [3.05, 3.63) is 61.4 Å². The highest BCUT2D eigenvalue weighted by Gasteiger charge is 2.18. The molecule has 0 aliphatic heterocycles. The number of hydrogen-bond acceptors (Lipinski definition) is 2. The van der Waals surface area contributed by atoms with Crippen molar-refractivity contribution < 1.29 is 13.9 Å². The first-order chi connectivity index (χ1) is 9.04. The van der Waals surface area contributed by atoms with Gasteiger partial charge in [0.25, 0.3) is 0 Å². The molecule has 19 heavy (non-hydrogen) atoms. The van der Waals surface area contributed by atoms with Gasteiger partial charge in [-0.2, -0.15) is 0 Å². The Morgan fingerprint density at radius 3 is 2.68 bits per heavy atom. The van der Waals surface area contributed by atoms with Crippen molar-refractivity contribution in [2.75, 3.05) is 7.11 Å². The van der Waals surface area contributed by atoms with E-state index in [1.165, 1.54) is 19.2 Å². The van der Waals surface area contributed by atoms with E-state index >= 15 is 0 Å². The summed E-state index contributed by atoms with van der Waals surface area (Å²) in [6.07, 6.45) is 0. The number of benzene rings is 2. The molecule has 0 radical (unpaired) electrons. The summed E-state index contributed by atoms with van der Waals surface area (Å²) >= 11 is 5.22. The summed E-state index contributed by atoms with van der Waals surface area (Å²) in [6.45, 7) is 0. The number of carbonyl (C=O) groups excluding carboxylic acids is 1. The van der Waals surface area contributed by atoms with E-state index in [2.05, 4.69) is 38.5 Å². The maximum atomic E-state index is 13.5. The summed E-state index contributed by atoms with van der Waals surface area (Å²) in [4.78, 5) is 12.5. The fourth-order valence-corrected chi connectivity index (χ4v) is 2.62. The Kier molecular flexibility index (Phi) is 4.57. The minimum absolute atomic E-state index is 0.168. The van der Waals surface area contributed by atoms with Crippen molar-refractivity contribution in [3.8, 4) is 5.75 Å². The number of ether oxygens (including phenoxy) is 1. The number of halogens is 3. The quantitative estimate of drug-likeness (QED) is 0.527. The topological polar surface area (TPSA) is 26.3 Å². The predicted molar refractivity (Wildman–Crippen MR) is 83.2 cm³/mol. The van der Waals surface area contributed by atoms with Gasteiger partial charge in [-0.05, 0) is 68.9 Å². The maximum Gasteiger partial charge on any atom is 0.198 e. The molecule has 0 spiro atoms. The van der Waals surface area contributed by atoms with Crippen molar-refractivity contribution in [2.24, 2.45) is 0 Å². The molecule has 0 heterocycles. The number of ketones is 1. The van der Waals surface area contributed by atoms with Crippen LogP contribution in [0.15, 0.2) is 40.9 Å². The van der Waals surface area contributed by atoms with Crippen molar-refractivity contribution >= 4 is 44.3 Å².